The maximum atomic E-state index is 11.6. The van der Waals surface area contributed by atoms with Crippen molar-refractivity contribution in [2.45, 2.75) is 0 Å². The summed E-state index contributed by atoms with van der Waals surface area (Å²) < 4.78 is 0. The number of fused-ring (bicyclic) bond motifs is 3. The van der Waals surface area contributed by atoms with Crippen LogP contribution in [0.2, 0.25) is 0 Å². The molecule has 0 amide bonds. The number of nitro benzene ring substituents is 2. The summed E-state index contributed by atoms with van der Waals surface area (Å²) in [5.74, 6) is 0. The van der Waals surface area contributed by atoms with Crippen molar-refractivity contribution in [2.75, 3.05) is 0 Å². The van der Waals surface area contributed by atoms with E-state index in [2.05, 4.69) is 4.99 Å². The SMILES string of the molecule is O=[N+]([O-])c1cc2c(c([N+](=O)[O-])c1)C1=NC=CC(=Nc3ccccc3-c3ccccc3)C1=C2. The van der Waals surface area contributed by atoms with Crippen LogP contribution in [0.4, 0.5) is 17.1 Å². The summed E-state index contributed by atoms with van der Waals surface area (Å²) in [5.41, 5.74) is 4.20. The second-order valence-corrected chi connectivity index (χ2v) is 7.18. The molecule has 5 rings (SSSR count). The van der Waals surface area contributed by atoms with Gasteiger partial charge >= 0.3 is 0 Å². The van der Waals surface area contributed by atoms with Crippen molar-refractivity contribution in [2.24, 2.45) is 9.98 Å². The Hall–Kier alpha value is -4.72. The molecule has 1 aliphatic carbocycles. The Kier molecular flexibility index (Phi) is 4.52. The van der Waals surface area contributed by atoms with E-state index in [9.17, 15) is 20.2 Å². The fourth-order valence-electron chi connectivity index (χ4n) is 3.87. The number of allylic oxidation sites excluding steroid dienone is 2. The number of hydrogen-bond acceptors (Lipinski definition) is 6. The van der Waals surface area contributed by atoms with Gasteiger partial charge in [0.25, 0.3) is 11.4 Å². The van der Waals surface area contributed by atoms with Gasteiger partial charge in [0.1, 0.15) is 0 Å². The quantitative estimate of drug-likeness (QED) is 0.399. The predicted octanol–water partition coefficient (Wildman–Crippen LogP) is 5.66. The molecule has 3 aromatic rings. The van der Waals surface area contributed by atoms with Gasteiger partial charge in [0, 0.05) is 23.4 Å². The molecule has 0 saturated carbocycles. The van der Waals surface area contributed by atoms with Gasteiger partial charge in [0.2, 0.25) is 0 Å². The molecular weight excluding hydrogens is 408 g/mol. The molecule has 0 unspecified atom stereocenters. The van der Waals surface area contributed by atoms with E-state index in [4.69, 9.17) is 4.99 Å². The molecule has 0 atom stereocenters. The van der Waals surface area contributed by atoms with Gasteiger partial charge in [0.15, 0.2) is 0 Å². The van der Waals surface area contributed by atoms with Crippen molar-refractivity contribution < 1.29 is 9.85 Å². The maximum Gasteiger partial charge on any atom is 0.286 e. The number of benzene rings is 3. The lowest BCUT2D eigenvalue weighted by atomic mass is 9.99. The van der Waals surface area contributed by atoms with Crippen LogP contribution in [0.3, 0.4) is 0 Å². The molecule has 0 aromatic heterocycles. The number of hydrogen-bond donors (Lipinski definition) is 0. The van der Waals surface area contributed by atoms with Crippen molar-refractivity contribution in [3.63, 3.8) is 0 Å². The lowest BCUT2D eigenvalue weighted by Gasteiger charge is -2.12. The molecule has 8 nitrogen and oxygen atoms in total. The number of rotatable bonds is 4. The Labute approximate surface area is 181 Å². The first-order valence-corrected chi connectivity index (χ1v) is 9.70. The molecule has 32 heavy (non-hydrogen) atoms. The molecule has 2 aliphatic rings. The van der Waals surface area contributed by atoms with E-state index >= 15 is 0 Å². The number of nitrogens with zero attached hydrogens (tertiary/aromatic N) is 4. The highest BCUT2D eigenvalue weighted by Crippen LogP contribution is 2.39. The lowest BCUT2D eigenvalue weighted by Crippen LogP contribution is -2.13. The van der Waals surface area contributed by atoms with Gasteiger partial charge in [-0.1, -0.05) is 48.5 Å². The van der Waals surface area contributed by atoms with Crippen LogP contribution in [0, 0.1) is 20.2 Å². The molecule has 0 radical (unpaired) electrons. The van der Waals surface area contributed by atoms with Crippen LogP contribution >= 0.6 is 0 Å². The highest BCUT2D eigenvalue weighted by atomic mass is 16.6. The Bertz CT molecular complexity index is 1420. The fraction of sp³-hybridized carbons (Fsp3) is 0. The van der Waals surface area contributed by atoms with Crippen molar-refractivity contribution in [3.05, 3.63) is 116 Å². The second kappa shape index (κ2) is 7.51. The Morgan fingerprint density at radius 2 is 1.62 bits per heavy atom. The summed E-state index contributed by atoms with van der Waals surface area (Å²) in [6, 6.07) is 19.8. The van der Waals surface area contributed by atoms with Gasteiger partial charge in [-0.2, -0.15) is 0 Å². The van der Waals surface area contributed by atoms with Gasteiger partial charge < -0.3 is 0 Å². The molecule has 0 spiro atoms. The highest BCUT2D eigenvalue weighted by Gasteiger charge is 2.34. The van der Waals surface area contributed by atoms with E-state index in [1.54, 1.807) is 12.2 Å². The van der Waals surface area contributed by atoms with Crippen molar-refractivity contribution in [3.8, 4) is 11.1 Å². The molecule has 3 aromatic carbocycles. The highest BCUT2D eigenvalue weighted by molar-refractivity contribution is 6.41. The first-order chi connectivity index (χ1) is 15.5. The molecule has 0 saturated heterocycles. The Morgan fingerprint density at radius 3 is 2.38 bits per heavy atom. The minimum atomic E-state index is -0.640. The normalized spacial score (nSPS) is 15.1. The average molecular weight is 422 g/mol. The van der Waals surface area contributed by atoms with Crippen LogP contribution in [-0.4, -0.2) is 21.3 Å². The molecule has 8 heteroatoms. The third-order valence-electron chi connectivity index (χ3n) is 5.27. The number of non-ortho nitro benzene ring substituents is 1. The lowest BCUT2D eigenvalue weighted by molar-refractivity contribution is -0.394. The van der Waals surface area contributed by atoms with Crippen LogP contribution in [0.25, 0.3) is 17.2 Å². The first-order valence-electron chi connectivity index (χ1n) is 9.70. The van der Waals surface area contributed by atoms with Gasteiger partial charge in [-0.25, -0.2) is 4.99 Å². The summed E-state index contributed by atoms with van der Waals surface area (Å²) in [6.07, 6.45) is 4.93. The monoisotopic (exact) mass is 422 g/mol. The zero-order valence-corrected chi connectivity index (χ0v) is 16.5. The van der Waals surface area contributed by atoms with E-state index < -0.39 is 9.85 Å². The summed E-state index contributed by atoms with van der Waals surface area (Å²) in [7, 11) is 0. The van der Waals surface area contributed by atoms with Crippen LogP contribution in [0.1, 0.15) is 11.1 Å². The summed E-state index contributed by atoms with van der Waals surface area (Å²) in [4.78, 5) is 30.8. The first kappa shape index (κ1) is 19.3. The van der Waals surface area contributed by atoms with Gasteiger partial charge in [-0.15, -0.1) is 0 Å². The predicted molar refractivity (Wildman–Crippen MR) is 122 cm³/mol. The standard InChI is InChI=1S/C24H14N4O4/c29-27(30)17-12-16-13-19-21(10-11-25-24(19)23(16)22(14-17)28(31)32)26-20-9-5-4-8-18(20)15-6-2-1-3-7-15/h1-14H. The molecule has 0 N–H and O–H groups in total. The second-order valence-electron chi connectivity index (χ2n) is 7.18. The molecular formula is C24H14N4O4. The minimum Gasteiger partial charge on any atom is -0.258 e. The summed E-state index contributed by atoms with van der Waals surface area (Å²) in [6.45, 7) is 0. The zero-order valence-electron chi connectivity index (χ0n) is 16.5. The molecule has 0 fully saturated rings. The van der Waals surface area contributed by atoms with Crippen molar-refractivity contribution in [1.29, 1.82) is 0 Å². The number of para-hydroxylation sites is 1. The molecule has 154 valence electrons. The van der Waals surface area contributed by atoms with E-state index in [-0.39, 0.29) is 16.9 Å². The van der Waals surface area contributed by atoms with E-state index in [0.717, 1.165) is 22.9 Å². The fourth-order valence-corrected chi connectivity index (χ4v) is 3.87. The number of aliphatic imine (C=N–C) groups is 2. The third kappa shape index (κ3) is 3.20. The smallest absolute Gasteiger partial charge is 0.258 e. The summed E-state index contributed by atoms with van der Waals surface area (Å²) >= 11 is 0. The number of nitro groups is 2. The average Bonchev–Trinajstić information content (AvgIpc) is 3.19. The van der Waals surface area contributed by atoms with Crippen molar-refractivity contribution in [1.82, 2.24) is 0 Å². The summed E-state index contributed by atoms with van der Waals surface area (Å²) in [5, 5.41) is 22.9. The van der Waals surface area contributed by atoms with Gasteiger partial charge in [-0.3, -0.25) is 25.2 Å². The van der Waals surface area contributed by atoms with Crippen molar-refractivity contribution >= 4 is 34.6 Å². The van der Waals surface area contributed by atoms with Gasteiger partial charge in [0.05, 0.1) is 38.6 Å². The van der Waals surface area contributed by atoms with Crippen LogP contribution in [0.5, 0.6) is 0 Å². The van der Waals surface area contributed by atoms with Crippen LogP contribution < -0.4 is 0 Å². The largest absolute Gasteiger partial charge is 0.286 e. The van der Waals surface area contributed by atoms with E-state index in [0.29, 0.717) is 22.6 Å². The molecule has 0 bridgehead atoms. The zero-order chi connectivity index (χ0) is 22.2. The minimum absolute atomic E-state index is 0.268. The van der Waals surface area contributed by atoms with E-state index in [1.165, 1.54) is 12.3 Å². The third-order valence-corrected chi connectivity index (χ3v) is 5.27. The van der Waals surface area contributed by atoms with E-state index in [1.807, 2.05) is 54.6 Å². The maximum absolute atomic E-state index is 11.6. The molecule has 1 heterocycles. The van der Waals surface area contributed by atoms with Crippen LogP contribution in [-0.2, 0) is 0 Å². The van der Waals surface area contributed by atoms with Crippen LogP contribution in [0.15, 0.2) is 94.6 Å². The topological polar surface area (TPSA) is 111 Å². The van der Waals surface area contributed by atoms with Gasteiger partial charge in [-0.05, 0) is 29.3 Å². The Balaban J connectivity index is 1.64. The molecule has 1 aliphatic heterocycles. The Morgan fingerprint density at radius 1 is 0.875 bits per heavy atom.